The van der Waals surface area contributed by atoms with Gasteiger partial charge in [-0.25, -0.2) is 5.43 Å². The zero-order chi connectivity index (χ0) is 18.4. The summed E-state index contributed by atoms with van der Waals surface area (Å²) >= 11 is 6.75. The number of carbonyl (C=O) groups excluding carboxylic acids is 1. The number of carbonyl (C=O) groups is 1. The summed E-state index contributed by atoms with van der Waals surface area (Å²) in [6, 6.07) is 8.53. The van der Waals surface area contributed by atoms with Crippen molar-refractivity contribution in [2.24, 2.45) is 5.10 Å². The largest absolute Gasteiger partial charge is 0.496 e. The first-order valence-corrected chi connectivity index (χ1v) is 8.67. The van der Waals surface area contributed by atoms with E-state index >= 15 is 0 Å². The molecule has 2 aromatic carbocycles. The van der Waals surface area contributed by atoms with E-state index in [1.54, 1.807) is 51.7 Å². The van der Waals surface area contributed by atoms with Crippen LogP contribution in [0.15, 0.2) is 44.4 Å². The van der Waals surface area contributed by atoms with E-state index in [4.69, 9.17) is 14.2 Å². The first-order chi connectivity index (χ1) is 12.0. The molecule has 0 atom stereocenters. The quantitative estimate of drug-likeness (QED) is 0.510. The number of hydrogen-bond donors (Lipinski definition) is 1. The molecule has 0 aromatic heterocycles. The fourth-order valence-electron chi connectivity index (χ4n) is 2.02. The van der Waals surface area contributed by atoms with Crippen LogP contribution in [0.1, 0.15) is 15.9 Å². The van der Waals surface area contributed by atoms with Gasteiger partial charge in [0.1, 0.15) is 17.2 Å². The van der Waals surface area contributed by atoms with Gasteiger partial charge in [0.05, 0.1) is 36.5 Å². The van der Waals surface area contributed by atoms with Crippen LogP contribution in [0, 0.1) is 0 Å². The van der Waals surface area contributed by atoms with Crippen molar-refractivity contribution in [2.45, 2.75) is 0 Å². The van der Waals surface area contributed by atoms with Gasteiger partial charge in [0.2, 0.25) is 0 Å². The van der Waals surface area contributed by atoms with E-state index in [1.165, 1.54) is 6.21 Å². The number of rotatable bonds is 6. The number of benzene rings is 2. The number of methoxy groups -OCH3 is 3. The van der Waals surface area contributed by atoms with Crippen molar-refractivity contribution in [3.05, 3.63) is 50.4 Å². The Morgan fingerprint density at radius 3 is 2.20 bits per heavy atom. The minimum atomic E-state index is -0.342. The fraction of sp³-hybridized carbons (Fsp3) is 0.176. The SMILES string of the molecule is COc1ccc(C(=O)NN=Cc2cc(Br)c(OC)cc2OC)cc1Br. The number of hydrogen-bond acceptors (Lipinski definition) is 5. The summed E-state index contributed by atoms with van der Waals surface area (Å²) in [5, 5.41) is 3.98. The number of hydrazone groups is 1. The van der Waals surface area contributed by atoms with Crippen LogP contribution < -0.4 is 19.6 Å². The Morgan fingerprint density at radius 1 is 0.960 bits per heavy atom. The summed E-state index contributed by atoms with van der Waals surface area (Å²) in [7, 11) is 4.68. The number of nitrogens with one attached hydrogen (secondary N) is 1. The van der Waals surface area contributed by atoms with Crippen LogP contribution in [0.25, 0.3) is 0 Å². The first kappa shape index (κ1) is 19.3. The molecule has 0 aliphatic carbocycles. The lowest BCUT2D eigenvalue weighted by molar-refractivity contribution is 0.0955. The summed E-state index contributed by atoms with van der Waals surface area (Å²) in [5.41, 5.74) is 3.62. The van der Waals surface area contributed by atoms with Crippen LogP contribution in [0.4, 0.5) is 0 Å². The van der Waals surface area contributed by atoms with E-state index in [-0.39, 0.29) is 5.91 Å². The molecule has 132 valence electrons. The van der Waals surface area contributed by atoms with Crippen LogP contribution in [-0.2, 0) is 0 Å². The van der Waals surface area contributed by atoms with Gasteiger partial charge in [-0.3, -0.25) is 4.79 Å². The van der Waals surface area contributed by atoms with Gasteiger partial charge in [-0.1, -0.05) is 0 Å². The van der Waals surface area contributed by atoms with Crippen molar-refractivity contribution in [1.82, 2.24) is 5.43 Å². The van der Waals surface area contributed by atoms with Crippen LogP contribution in [-0.4, -0.2) is 33.5 Å². The maximum absolute atomic E-state index is 12.2. The summed E-state index contributed by atoms with van der Waals surface area (Å²) in [6.45, 7) is 0. The predicted octanol–water partition coefficient (Wildman–Crippen LogP) is 4.00. The molecule has 2 aromatic rings. The lowest BCUT2D eigenvalue weighted by atomic mass is 10.2. The predicted molar refractivity (Wildman–Crippen MR) is 103 cm³/mol. The van der Waals surface area contributed by atoms with Crippen LogP contribution in [0.2, 0.25) is 0 Å². The van der Waals surface area contributed by atoms with Gasteiger partial charge in [0, 0.05) is 17.2 Å². The Morgan fingerprint density at radius 2 is 1.60 bits per heavy atom. The van der Waals surface area contributed by atoms with E-state index < -0.39 is 0 Å². The van der Waals surface area contributed by atoms with Gasteiger partial charge >= 0.3 is 0 Å². The monoisotopic (exact) mass is 470 g/mol. The molecule has 8 heteroatoms. The minimum Gasteiger partial charge on any atom is -0.496 e. The average Bonchev–Trinajstić information content (AvgIpc) is 2.61. The molecule has 6 nitrogen and oxygen atoms in total. The number of ether oxygens (including phenoxy) is 3. The van der Waals surface area contributed by atoms with Crippen molar-refractivity contribution >= 4 is 44.0 Å². The third-order valence-corrected chi connectivity index (χ3v) is 4.53. The van der Waals surface area contributed by atoms with Gasteiger partial charge in [0.15, 0.2) is 0 Å². The van der Waals surface area contributed by atoms with E-state index in [0.717, 1.165) is 4.47 Å². The molecule has 0 heterocycles. The number of amides is 1. The van der Waals surface area contributed by atoms with Crippen molar-refractivity contribution in [2.75, 3.05) is 21.3 Å². The standard InChI is InChI=1S/C17H16Br2N2O4/c1-23-14-5-4-10(6-12(14)18)17(22)21-20-9-11-7-13(19)16(25-3)8-15(11)24-2/h4-9H,1-3H3,(H,21,22). The molecule has 2 rings (SSSR count). The molecule has 25 heavy (non-hydrogen) atoms. The van der Waals surface area contributed by atoms with Crippen molar-refractivity contribution in [3.8, 4) is 17.2 Å². The lowest BCUT2D eigenvalue weighted by Crippen LogP contribution is -2.17. The van der Waals surface area contributed by atoms with Crippen molar-refractivity contribution in [3.63, 3.8) is 0 Å². The first-order valence-electron chi connectivity index (χ1n) is 7.08. The minimum absolute atomic E-state index is 0.342. The Kier molecular flexibility index (Phi) is 6.83. The normalized spacial score (nSPS) is 10.6. The molecule has 0 aliphatic rings. The van der Waals surface area contributed by atoms with Gasteiger partial charge in [-0.15, -0.1) is 0 Å². The molecule has 0 saturated carbocycles. The maximum Gasteiger partial charge on any atom is 0.271 e. The van der Waals surface area contributed by atoms with Gasteiger partial charge < -0.3 is 14.2 Å². The molecule has 0 aliphatic heterocycles. The number of halogens is 2. The van der Waals surface area contributed by atoms with Gasteiger partial charge in [-0.05, 0) is 56.1 Å². The molecular weight excluding hydrogens is 456 g/mol. The van der Waals surface area contributed by atoms with E-state index in [9.17, 15) is 4.79 Å². The smallest absolute Gasteiger partial charge is 0.271 e. The Bertz CT molecular complexity index is 809. The summed E-state index contributed by atoms with van der Waals surface area (Å²) in [5.74, 6) is 1.52. The Hall–Kier alpha value is -2.06. The molecule has 1 amide bonds. The maximum atomic E-state index is 12.2. The molecular formula is C17H16Br2N2O4. The highest BCUT2D eigenvalue weighted by Crippen LogP contribution is 2.32. The zero-order valence-corrected chi connectivity index (χ0v) is 17.0. The molecule has 0 radical (unpaired) electrons. The van der Waals surface area contributed by atoms with Crippen LogP contribution in [0.3, 0.4) is 0 Å². The molecule has 0 unspecified atom stereocenters. The number of nitrogens with zero attached hydrogens (tertiary/aromatic N) is 1. The average molecular weight is 472 g/mol. The van der Waals surface area contributed by atoms with Crippen molar-refractivity contribution < 1.29 is 19.0 Å². The Balaban J connectivity index is 2.14. The van der Waals surface area contributed by atoms with E-state index in [2.05, 4.69) is 42.4 Å². The second-order valence-corrected chi connectivity index (χ2v) is 6.49. The third-order valence-electron chi connectivity index (χ3n) is 3.29. The molecule has 0 spiro atoms. The summed E-state index contributed by atoms with van der Waals surface area (Å²) in [6.07, 6.45) is 1.50. The van der Waals surface area contributed by atoms with Gasteiger partial charge in [-0.2, -0.15) is 5.10 Å². The molecule has 0 bridgehead atoms. The van der Waals surface area contributed by atoms with Crippen LogP contribution in [0.5, 0.6) is 17.2 Å². The lowest BCUT2D eigenvalue weighted by Gasteiger charge is -2.09. The van der Waals surface area contributed by atoms with Crippen molar-refractivity contribution in [1.29, 1.82) is 0 Å². The highest BCUT2D eigenvalue weighted by Gasteiger charge is 2.10. The summed E-state index contributed by atoms with van der Waals surface area (Å²) < 4.78 is 17.1. The molecule has 1 N–H and O–H groups in total. The fourth-order valence-corrected chi connectivity index (χ4v) is 3.08. The van der Waals surface area contributed by atoms with Gasteiger partial charge in [0.25, 0.3) is 5.91 Å². The Labute approximate surface area is 162 Å². The van der Waals surface area contributed by atoms with E-state index in [1.807, 2.05) is 0 Å². The topological polar surface area (TPSA) is 69.2 Å². The highest BCUT2D eigenvalue weighted by molar-refractivity contribution is 9.10. The van der Waals surface area contributed by atoms with Crippen LogP contribution >= 0.6 is 31.9 Å². The highest BCUT2D eigenvalue weighted by atomic mass is 79.9. The summed E-state index contributed by atoms with van der Waals surface area (Å²) in [4.78, 5) is 12.2. The van der Waals surface area contributed by atoms with E-state index in [0.29, 0.717) is 32.8 Å². The second-order valence-electron chi connectivity index (χ2n) is 4.78. The third kappa shape index (κ3) is 4.73. The second kappa shape index (κ2) is 8.87. The molecule has 0 saturated heterocycles. The zero-order valence-electron chi connectivity index (χ0n) is 13.8. The molecule has 0 fully saturated rings.